The number of hydrogen-bond donors (Lipinski definition) is 1. The van der Waals surface area contributed by atoms with Crippen molar-refractivity contribution in [2.24, 2.45) is 5.92 Å². The lowest BCUT2D eigenvalue weighted by Gasteiger charge is -2.40. The van der Waals surface area contributed by atoms with Gasteiger partial charge in [0.2, 0.25) is 0 Å². The zero-order chi connectivity index (χ0) is 13.0. The Balaban J connectivity index is 1.87. The monoisotopic (exact) mass is 246 g/mol. The van der Waals surface area contributed by atoms with Crippen molar-refractivity contribution < 1.29 is 0 Å². The van der Waals surface area contributed by atoms with Gasteiger partial charge < -0.3 is 5.32 Å². The molecule has 2 atom stereocenters. The van der Waals surface area contributed by atoms with Crippen LogP contribution in [0.4, 0.5) is 0 Å². The maximum Gasteiger partial charge on any atom is 0.0218 e. The highest BCUT2D eigenvalue weighted by atomic mass is 15.2. The number of rotatable bonds is 4. The van der Waals surface area contributed by atoms with Crippen LogP contribution in [0.1, 0.15) is 26.3 Å². The standard InChI is InChI=1S/C16H26N2/c1-13(2)16-12-18(14(3)11-17-16)10-9-15-7-5-4-6-8-15/h4-8,13-14,16-17H,9-12H2,1-3H3. The summed E-state index contributed by atoms with van der Waals surface area (Å²) in [5.41, 5.74) is 1.45. The van der Waals surface area contributed by atoms with E-state index < -0.39 is 0 Å². The fourth-order valence-electron chi connectivity index (χ4n) is 2.62. The summed E-state index contributed by atoms with van der Waals surface area (Å²) in [7, 11) is 0. The molecule has 18 heavy (non-hydrogen) atoms. The first-order valence-corrected chi connectivity index (χ1v) is 7.18. The summed E-state index contributed by atoms with van der Waals surface area (Å²) in [4.78, 5) is 2.63. The molecule has 1 aromatic rings. The molecule has 2 rings (SSSR count). The number of piperazine rings is 1. The lowest BCUT2D eigenvalue weighted by molar-refractivity contribution is 0.124. The van der Waals surface area contributed by atoms with Crippen LogP contribution < -0.4 is 5.32 Å². The highest BCUT2D eigenvalue weighted by Gasteiger charge is 2.26. The quantitative estimate of drug-likeness (QED) is 0.878. The Hall–Kier alpha value is -0.860. The van der Waals surface area contributed by atoms with Gasteiger partial charge in [0.1, 0.15) is 0 Å². The zero-order valence-electron chi connectivity index (χ0n) is 11.9. The largest absolute Gasteiger partial charge is 0.311 e. The molecule has 0 aromatic heterocycles. The molecular formula is C16H26N2. The van der Waals surface area contributed by atoms with Crippen LogP contribution in [-0.4, -0.2) is 36.6 Å². The van der Waals surface area contributed by atoms with Gasteiger partial charge in [-0.3, -0.25) is 4.90 Å². The van der Waals surface area contributed by atoms with E-state index >= 15 is 0 Å². The third-order valence-electron chi connectivity index (χ3n) is 4.07. The Morgan fingerprint density at radius 3 is 2.67 bits per heavy atom. The summed E-state index contributed by atoms with van der Waals surface area (Å²) in [6.07, 6.45) is 1.16. The molecule has 1 aromatic carbocycles. The van der Waals surface area contributed by atoms with Gasteiger partial charge in [0, 0.05) is 31.7 Å². The van der Waals surface area contributed by atoms with Gasteiger partial charge in [-0.1, -0.05) is 44.2 Å². The molecule has 0 radical (unpaired) electrons. The molecule has 1 fully saturated rings. The first-order chi connectivity index (χ1) is 8.66. The SMILES string of the molecule is CC(C)C1CN(CCc2ccccc2)C(C)CN1. The Labute approximate surface area is 111 Å². The molecule has 100 valence electrons. The molecule has 0 spiro atoms. The van der Waals surface area contributed by atoms with Gasteiger partial charge in [-0.05, 0) is 24.8 Å². The van der Waals surface area contributed by atoms with E-state index in [9.17, 15) is 0 Å². The Bertz CT molecular complexity index is 347. The maximum atomic E-state index is 3.65. The molecule has 1 saturated heterocycles. The third kappa shape index (κ3) is 3.56. The van der Waals surface area contributed by atoms with E-state index in [1.165, 1.54) is 18.7 Å². The van der Waals surface area contributed by atoms with E-state index in [1.54, 1.807) is 0 Å². The molecule has 1 aliphatic rings. The van der Waals surface area contributed by atoms with Crippen molar-refractivity contribution in [3.8, 4) is 0 Å². The van der Waals surface area contributed by atoms with Crippen LogP contribution in [0.15, 0.2) is 30.3 Å². The van der Waals surface area contributed by atoms with Gasteiger partial charge in [-0.2, -0.15) is 0 Å². The second-order valence-corrected chi connectivity index (χ2v) is 5.84. The van der Waals surface area contributed by atoms with Crippen LogP contribution >= 0.6 is 0 Å². The molecule has 1 heterocycles. The number of benzene rings is 1. The second kappa shape index (κ2) is 6.35. The first kappa shape index (κ1) is 13.6. The van der Waals surface area contributed by atoms with Crippen LogP contribution in [0.3, 0.4) is 0 Å². The highest BCUT2D eigenvalue weighted by molar-refractivity contribution is 5.15. The fraction of sp³-hybridized carbons (Fsp3) is 0.625. The topological polar surface area (TPSA) is 15.3 Å². The Kier molecular flexibility index (Phi) is 4.79. The molecule has 0 amide bonds. The molecule has 1 N–H and O–H groups in total. The average molecular weight is 246 g/mol. The van der Waals surface area contributed by atoms with Crippen molar-refractivity contribution in [2.75, 3.05) is 19.6 Å². The Morgan fingerprint density at radius 1 is 1.28 bits per heavy atom. The van der Waals surface area contributed by atoms with Crippen molar-refractivity contribution in [3.63, 3.8) is 0 Å². The van der Waals surface area contributed by atoms with Crippen LogP contribution in [0.2, 0.25) is 0 Å². The summed E-state index contributed by atoms with van der Waals surface area (Å²) in [6.45, 7) is 10.4. The lowest BCUT2D eigenvalue weighted by atomic mass is 9.99. The lowest BCUT2D eigenvalue weighted by Crippen LogP contribution is -2.57. The zero-order valence-corrected chi connectivity index (χ0v) is 11.9. The normalized spacial score (nSPS) is 25.6. The summed E-state index contributed by atoms with van der Waals surface area (Å²) in [5, 5.41) is 3.65. The minimum Gasteiger partial charge on any atom is -0.311 e. The summed E-state index contributed by atoms with van der Waals surface area (Å²) >= 11 is 0. The van der Waals surface area contributed by atoms with Gasteiger partial charge in [0.25, 0.3) is 0 Å². The van der Waals surface area contributed by atoms with Gasteiger partial charge in [-0.25, -0.2) is 0 Å². The van der Waals surface area contributed by atoms with Crippen molar-refractivity contribution in [2.45, 2.75) is 39.3 Å². The fourth-order valence-corrected chi connectivity index (χ4v) is 2.62. The number of hydrogen-bond acceptors (Lipinski definition) is 2. The van der Waals surface area contributed by atoms with E-state index in [2.05, 4.69) is 61.3 Å². The van der Waals surface area contributed by atoms with Gasteiger partial charge in [-0.15, -0.1) is 0 Å². The van der Waals surface area contributed by atoms with E-state index in [-0.39, 0.29) is 0 Å². The minimum absolute atomic E-state index is 0.650. The number of nitrogens with one attached hydrogen (secondary N) is 1. The molecular weight excluding hydrogens is 220 g/mol. The summed E-state index contributed by atoms with van der Waals surface area (Å²) in [5.74, 6) is 0.719. The Morgan fingerprint density at radius 2 is 2.00 bits per heavy atom. The van der Waals surface area contributed by atoms with Crippen molar-refractivity contribution in [3.05, 3.63) is 35.9 Å². The highest BCUT2D eigenvalue weighted by Crippen LogP contribution is 2.13. The van der Waals surface area contributed by atoms with E-state index in [4.69, 9.17) is 0 Å². The third-order valence-corrected chi connectivity index (χ3v) is 4.07. The maximum absolute atomic E-state index is 3.65. The molecule has 1 aliphatic heterocycles. The average Bonchev–Trinajstić information content (AvgIpc) is 2.38. The molecule has 2 unspecified atom stereocenters. The van der Waals surface area contributed by atoms with Gasteiger partial charge in [0.05, 0.1) is 0 Å². The predicted molar refractivity (Wildman–Crippen MR) is 77.8 cm³/mol. The van der Waals surface area contributed by atoms with Crippen molar-refractivity contribution in [1.29, 1.82) is 0 Å². The van der Waals surface area contributed by atoms with Crippen molar-refractivity contribution >= 4 is 0 Å². The summed E-state index contributed by atoms with van der Waals surface area (Å²) in [6, 6.07) is 12.1. The van der Waals surface area contributed by atoms with Crippen LogP contribution in [0, 0.1) is 5.92 Å². The molecule has 0 saturated carbocycles. The van der Waals surface area contributed by atoms with Crippen LogP contribution in [0.25, 0.3) is 0 Å². The molecule has 0 aliphatic carbocycles. The van der Waals surface area contributed by atoms with E-state index in [0.717, 1.165) is 18.9 Å². The van der Waals surface area contributed by atoms with Crippen LogP contribution in [-0.2, 0) is 6.42 Å². The molecule has 0 bridgehead atoms. The van der Waals surface area contributed by atoms with Gasteiger partial charge >= 0.3 is 0 Å². The van der Waals surface area contributed by atoms with E-state index in [1.807, 2.05) is 0 Å². The molecule has 2 heteroatoms. The first-order valence-electron chi connectivity index (χ1n) is 7.18. The number of nitrogens with zero attached hydrogens (tertiary/aromatic N) is 1. The van der Waals surface area contributed by atoms with Gasteiger partial charge in [0.15, 0.2) is 0 Å². The molecule has 2 nitrogen and oxygen atoms in total. The van der Waals surface area contributed by atoms with Crippen LogP contribution in [0.5, 0.6) is 0 Å². The second-order valence-electron chi connectivity index (χ2n) is 5.84. The minimum atomic E-state index is 0.650. The summed E-state index contributed by atoms with van der Waals surface area (Å²) < 4.78 is 0. The predicted octanol–water partition coefficient (Wildman–Crippen LogP) is 2.55. The van der Waals surface area contributed by atoms with Crippen molar-refractivity contribution in [1.82, 2.24) is 10.2 Å². The smallest absolute Gasteiger partial charge is 0.0218 e. The van der Waals surface area contributed by atoms with E-state index in [0.29, 0.717) is 12.1 Å².